The van der Waals surface area contributed by atoms with Gasteiger partial charge in [-0.1, -0.05) is 179 Å². The predicted molar refractivity (Wildman–Crippen MR) is 224 cm³/mol. The lowest BCUT2D eigenvalue weighted by Crippen LogP contribution is -2.29. The molecule has 9 nitrogen and oxygen atoms in total. The predicted octanol–water partition coefficient (Wildman–Crippen LogP) is 12.8. The number of hydrogen-bond acceptors (Lipinski definition) is 8. The highest BCUT2D eigenvalue weighted by Crippen LogP contribution is 2.43. The fraction of sp³-hybridized carbons (Fsp3) is 0.864. The zero-order chi connectivity index (χ0) is 39.6. The Hall–Kier alpha value is -1.51. The van der Waals surface area contributed by atoms with Crippen molar-refractivity contribution in [1.82, 2.24) is 0 Å². The second-order valence-corrected chi connectivity index (χ2v) is 16.4. The van der Waals surface area contributed by atoms with E-state index in [1.165, 1.54) is 135 Å². The summed E-state index contributed by atoms with van der Waals surface area (Å²) in [4.78, 5) is 34.7. The largest absolute Gasteiger partial charge is 0.472 e. The molecule has 0 saturated carbocycles. The summed E-state index contributed by atoms with van der Waals surface area (Å²) in [5.74, 6) is -0.873. The third-order valence-corrected chi connectivity index (χ3v) is 10.6. The first-order valence-corrected chi connectivity index (χ1v) is 23.8. The van der Waals surface area contributed by atoms with Crippen LogP contribution in [0.25, 0.3) is 0 Å². The SMILES string of the molecule is CCCCCCCCCCCCCCCC/C=C/CC/C=C/CCCC(=O)O[C@H](COC(=O)CCCCCCCCCCCC)COP(=O)(O)OCCN. The number of ether oxygens (including phenoxy) is 2. The van der Waals surface area contributed by atoms with E-state index in [4.69, 9.17) is 24.3 Å². The van der Waals surface area contributed by atoms with Crippen molar-refractivity contribution in [2.75, 3.05) is 26.4 Å². The van der Waals surface area contributed by atoms with Crippen LogP contribution in [0.3, 0.4) is 0 Å². The van der Waals surface area contributed by atoms with Gasteiger partial charge in [-0.2, -0.15) is 0 Å². The molecule has 0 heterocycles. The Morgan fingerprint density at radius 2 is 0.944 bits per heavy atom. The molecule has 0 aliphatic heterocycles. The zero-order valence-electron chi connectivity index (χ0n) is 35.0. The second kappa shape index (κ2) is 41.1. The minimum atomic E-state index is -4.38. The van der Waals surface area contributed by atoms with Gasteiger partial charge in [0.15, 0.2) is 6.10 Å². The van der Waals surface area contributed by atoms with Crippen LogP contribution in [0, 0.1) is 0 Å². The molecule has 0 amide bonds. The summed E-state index contributed by atoms with van der Waals surface area (Å²) in [5.41, 5.74) is 5.34. The molecule has 3 N–H and O–H groups in total. The van der Waals surface area contributed by atoms with Crippen molar-refractivity contribution < 1.29 is 37.6 Å². The van der Waals surface area contributed by atoms with E-state index < -0.39 is 32.5 Å². The number of rotatable bonds is 42. The molecule has 0 aromatic carbocycles. The Bertz CT molecular complexity index is 944. The molecule has 0 aromatic rings. The lowest BCUT2D eigenvalue weighted by atomic mass is 10.0. The van der Waals surface area contributed by atoms with E-state index in [0.717, 1.165) is 44.9 Å². The summed E-state index contributed by atoms with van der Waals surface area (Å²) in [6, 6.07) is 0. The number of carbonyl (C=O) groups is 2. The van der Waals surface area contributed by atoms with Crippen molar-refractivity contribution in [3.8, 4) is 0 Å². The Labute approximate surface area is 332 Å². The first kappa shape index (κ1) is 52.5. The lowest BCUT2D eigenvalue weighted by Gasteiger charge is -2.19. The Morgan fingerprint density at radius 1 is 0.537 bits per heavy atom. The van der Waals surface area contributed by atoms with Gasteiger partial charge in [0.05, 0.1) is 13.2 Å². The van der Waals surface area contributed by atoms with Gasteiger partial charge in [0.1, 0.15) is 6.61 Å². The number of allylic oxidation sites excluding steroid dienone is 4. The molecule has 0 aliphatic carbocycles. The molecule has 0 aromatic heterocycles. The van der Waals surface area contributed by atoms with Gasteiger partial charge < -0.3 is 20.1 Å². The van der Waals surface area contributed by atoms with Gasteiger partial charge >= 0.3 is 19.8 Å². The topological polar surface area (TPSA) is 134 Å². The van der Waals surface area contributed by atoms with Gasteiger partial charge in [0.2, 0.25) is 0 Å². The first-order valence-electron chi connectivity index (χ1n) is 22.3. The summed E-state index contributed by atoms with van der Waals surface area (Å²) in [5, 5.41) is 0. The van der Waals surface area contributed by atoms with Gasteiger partial charge in [0.25, 0.3) is 0 Å². The van der Waals surface area contributed by atoms with E-state index in [1.807, 2.05) is 0 Å². The highest BCUT2D eigenvalue weighted by atomic mass is 31.2. The maximum atomic E-state index is 12.6. The number of phosphoric acid groups is 1. The van der Waals surface area contributed by atoms with Crippen LogP contribution in [0.4, 0.5) is 0 Å². The number of esters is 2. The minimum Gasteiger partial charge on any atom is -0.462 e. The number of hydrogen-bond donors (Lipinski definition) is 2. The molecule has 0 radical (unpaired) electrons. The average molecular weight is 786 g/mol. The van der Waals surface area contributed by atoms with Crippen LogP contribution in [0.5, 0.6) is 0 Å². The highest BCUT2D eigenvalue weighted by molar-refractivity contribution is 7.47. The number of phosphoric ester groups is 1. The molecule has 10 heteroatoms. The quantitative estimate of drug-likeness (QED) is 0.0268. The number of carbonyl (C=O) groups excluding carboxylic acids is 2. The highest BCUT2D eigenvalue weighted by Gasteiger charge is 2.25. The van der Waals surface area contributed by atoms with Crippen LogP contribution in [-0.2, 0) is 32.7 Å². The van der Waals surface area contributed by atoms with Crippen molar-refractivity contribution in [3.05, 3.63) is 24.3 Å². The molecular formula is C44H84NO8P. The van der Waals surface area contributed by atoms with Crippen molar-refractivity contribution >= 4 is 19.8 Å². The summed E-state index contributed by atoms with van der Waals surface area (Å²) in [6.07, 6.45) is 43.8. The van der Waals surface area contributed by atoms with Crippen molar-refractivity contribution in [2.45, 2.75) is 219 Å². The monoisotopic (exact) mass is 786 g/mol. The molecule has 1 unspecified atom stereocenters. The van der Waals surface area contributed by atoms with E-state index in [2.05, 4.69) is 38.2 Å². The van der Waals surface area contributed by atoms with E-state index in [1.54, 1.807) is 0 Å². The molecule has 0 fully saturated rings. The summed E-state index contributed by atoms with van der Waals surface area (Å²) in [6.45, 7) is 3.69. The standard InChI is InChI=1S/C44H84NO8P/c1-3-5-7-9-11-13-15-16-17-18-19-20-21-22-23-24-25-26-27-29-31-33-35-37-44(47)53-42(41-52-54(48,49)51-39-38-45)40-50-43(46)36-34-32-30-28-14-12-10-8-6-4-2/h24-25,29,31,42H,3-23,26-28,30,32-41,45H2,1-2H3,(H,48,49)/b25-24+,31-29+/t42-/m1/s1. The zero-order valence-corrected chi connectivity index (χ0v) is 35.9. The Kier molecular flexibility index (Phi) is 40.0. The minimum absolute atomic E-state index is 0.0492. The van der Waals surface area contributed by atoms with Crippen LogP contribution in [-0.4, -0.2) is 49.3 Å². The maximum absolute atomic E-state index is 12.6. The Morgan fingerprint density at radius 3 is 1.43 bits per heavy atom. The summed E-state index contributed by atoms with van der Waals surface area (Å²) < 4.78 is 32.7. The third kappa shape index (κ3) is 40.2. The molecule has 0 bridgehead atoms. The number of nitrogens with two attached hydrogens (primary N) is 1. The fourth-order valence-corrected chi connectivity index (χ4v) is 7.01. The molecule has 2 atom stereocenters. The van der Waals surface area contributed by atoms with E-state index >= 15 is 0 Å². The van der Waals surface area contributed by atoms with E-state index in [-0.39, 0.29) is 32.6 Å². The van der Waals surface area contributed by atoms with Crippen LogP contribution in [0.15, 0.2) is 24.3 Å². The molecule has 54 heavy (non-hydrogen) atoms. The van der Waals surface area contributed by atoms with Crippen molar-refractivity contribution in [1.29, 1.82) is 0 Å². The maximum Gasteiger partial charge on any atom is 0.472 e. The van der Waals surface area contributed by atoms with Crippen LogP contribution in [0.1, 0.15) is 213 Å². The van der Waals surface area contributed by atoms with Gasteiger partial charge in [-0.25, -0.2) is 4.57 Å². The first-order chi connectivity index (χ1) is 26.3. The Balaban J connectivity index is 4.10. The molecular weight excluding hydrogens is 701 g/mol. The van der Waals surface area contributed by atoms with Gasteiger partial charge in [-0.15, -0.1) is 0 Å². The molecule has 318 valence electrons. The third-order valence-electron chi connectivity index (χ3n) is 9.57. The average Bonchev–Trinajstić information content (AvgIpc) is 3.16. The molecule has 0 spiro atoms. The van der Waals surface area contributed by atoms with Crippen LogP contribution in [0.2, 0.25) is 0 Å². The van der Waals surface area contributed by atoms with Gasteiger partial charge in [-0.05, 0) is 44.9 Å². The van der Waals surface area contributed by atoms with Crippen molar-refractivity contribution in [2.24, 2.45) is 5.73 Å². The van der Waals surface area contributed by atoms with E-state index in [9.17, 15) is 19.0 Å². The molecule has 0 rings (SSSR count). The second-order valence-electron chi connectivity index (χ2n) is 14.9. The smallest absolute Gasteiger partial charge is 0.462 e. The molecule has 0 saturated heterocycles. The molecule has 0 aliphatic rings. The van der Waals surface area contributed by atoms with Crippen LogP contribution >= 0.6 is 7.82 Å². The summed E-state index contributed by atoms with van der Waals surface area (Å²) >= 11 is 0. The van der Waals surface area contributed by atoms with Gasteiger partial charge in [0, 0.05) is 19.4 Å². The van der Waals surface area contributed by atoms with Crippen LogP contribution < -0.4 is 5.73 Å². The number of unbranched alkanes of at least 4 members (excludes halogenated alkanes) is 25. The van der Waals surface area contributed by atoms with Crippen molar-refractivity contribution in [3.63, 3.8) is 0 Å². The fourth-order valence-electron chi connectivity index (χ4n) is 6.24. The van der Waals surface area contributed by atoms with Gasteiger partial charge in [-0.3, -0.25) is 18.6 Å². The lowest BCUT2D eigenvalue weighted by molar-refractivity contribution is -0.161. The summed E-state index contributed by atoms with van der Waals surface area (Å²) in [7, 11) is -4.38. The normalized spacial score (nSPS) is 13.5. The van der Waals surface area contributed by atoms with E-state index in [0.29, 0.717) is 6.42 Å².